The maximum absolute atomic E-state index is 10.5. The Morgan fingerprint density at radius 1 is 0.714 bits per heavy atom. The third-order valence-corrected chi connectivity index (χ3v) is 2.97. The summed E-state index contributed by atoms with van der Waals surface area (Å²) in [6, 6.07) is 12.3. The maximum Gasteiger partial charge on any atom is 0.477 e. The van der Waals surface area contributed by atoms with Crippen molar-refractivity contribution in [3.63, 3.8) is 0 Å². The number of hydrogen-bond donors (Lipinski definition) is 2. The zero-order valence-corrected chi connectivity index (χ0v) is 11.0. The molecule has 5 nitrogen and oxygen atoms in total. The molecule has 0 spiro atoms. The van der Waals surface area contributed by atoms with E-state index in [1.165, 1.54) is 24.3 Å². The Labute approximate surface area is 122 Å². The van der Waals surface area contributed by atoms with Gasteiger partial charge in [-0.1, -0.05) is 48.5 Å². The molecular weight excluding hydrogens is 270 g/mol. The second kappa shape index (κ2) is 6.99. The van der Waals surface area contributed by atoms with Crippen molar-refractivity contribution in [2.24, 2.45) is 0 Å². The summed E-state index contributed by atoms with van der Waals surface area (Å²) in [6.07, 6.45) is 1.39. The van der Waals surface area contributed by atoms with Gasteiger partial charge in [0, 0.05) is 11.1 Å². The van der Waals surface area contributed by atoms with E-state index in [-0.39, 0.29) is 0 Å². The summed E-state index contributed by atoms with van der Waals surface area (Å²) in [5.74, 6) is 0. The topological polar surface area (TPSA) is 83.8 Å². The van der Waals surface area contributed by atoms with Crippen LogP contribution in [0.1, 0.15) is 20.7 Å². The van der Waals surface area contributed by atoms with Crippen molar-refractivity contribution in [1.82, 2.24) is 0 Å². The lowest BCUT2D eigenvalue weighted by Crippen LogP contribution is -2.45. The Hall–Kier alpha value is -2.21. The highest BCUT2D eigenvalue weighted by Crippen LogP contribution is 1.97. The molecule has 21 heavy (non-hydrogen) atoms. The summed E-state index contributed by atoms with van der Waals surface area (Å²) < 4.78 is 5.10. The molecule has 0 amide bonds. The molecule has 0 saturated carbocycles. The molecule has 7 heteroatoms. The molecule has 0 aliphatic carbocycles. The quantitative estimate of drug-likeness (QED) is 0.546. The van der Waals surface area contributed by atoms with Crippen LogP contribution in [0.25, 0.3) is 0 Å². The van der Waals surface area contributed by atoms with Crippen molar-refractivity contribution in [2.75, 3.05) is 0 Å². The van der Waals surface area contributed by atoms with Gasteiger partial charge in [-0.2, -0.15) is 0 Å². The van der Waals surface area contributed by atoms with E-state index in [4.69, 9.17) is 4.57 Å². The van der Waals surface area contributed by atoms with E-state index in [0.29, 0.717) is 34.6 Å². The highest BCUT2D eigenvalue weighted by Gasteiger charge is 2.25. The molecular formula is C14H12B2O5. The molecule has 2 aromatic carbocycles. The number of aldehydes is 2. The summed E-state index contributed by atoms with van der Waals surface area (Å²) in [5.41, 5.74) is 1.81. The van der Waals surface area contributed by atoms with Crippen molar-refractivity contribution in [1.29, 1.82) is 0 Å². The molecule has 0 atom stereocenters. The van der Waals surface area contributed by atoms with Crippen molar-refractivity contribution >= 4 is 37.7 Å². The van der Waals surface area contributed by atoms with Gasteiger partial charge < -0.3 is 14.6 Å². The number of benzene rings is 2. The Morgan fingerprint density at radius 2 is 1.05 bits per heavy atom. The Kier molecular flexibility index (Phi) is 5.05. The summed E-state index contributed by atoms with van der Waals surface area (Å²) in [4.78, 5) is 21.1. The van der Waals surface area contributed by atoms with Gasteiger partial charge in [0.25, 0.3) is 0 Å². The normalized spacial score (nSPS) is 10.0. The molecule has 0 aliphatic rings. The standard InChI is InChI=1S/C14H12B2O5/c17-9-11-1-5-13(6-2-11)15(19)21-16(20)14-7-3-12(10-18)4-8-14/h1-10,19-20H. The zero-order valence-electron chi connectivity index (χ0n) is 11.0. The van der Waals surface area contributed by atoms with Crippen LogP contribution >= 0.6 is 0 Å². The van der Waals surface area contributed by atoms with Gasteiger partial charge in [0.1, 0.15) is 12.6 Å². The lowest BCUT2D eigenvalue weighted by atomic mass is 9.71. The summed E-state index contributed by atoms with van der Waals surface area (Å²) >= 11 is 0. The number of carbonyl (C=O) groups excluding carboxylic acids is 2. The van der Waals surface area contributed by atoms with Gasteiger partial charge >= 0.3 is 14.2 Å². The molecule has 0 heterocycles. The van der Waals surface area contributed by atoms with E-state index in [1.54, 1.807) is 24.3 Å². The lowest BCUT2D eigenvalue weighted by Gasteiger charge is -2.12. The van der Waals surface area contributed by atoms with E-state index in [9.17, 15) is 19.6 Å². The highest BCUT2D eigenvalue weighted by atomic mass is 16.5. The molecule has 2 N–H and O–H groups in total. The van der Waals surface area contributed by atoms with Gasteiger partial charge in [0.2, 0.25) is 0 Å². The van der Waals surface area contributed by atoms with E-state index >= 15 is 0 Å². The van der Waals surface area contributed by atoms with E-state index in [1.807, 2.05) is 0 Å². The fourth-order valence-corrected chi connectivity index (χ4v) is 1.76. The summed E-state index contributed by atoms with van der Waals surface area (Å²) in [5, 5.41) is 19.8. The van der Waals surface area contributed by atoms with Gasteiger partial charge in [-0.15, -0.1) is 0 Å². The maximum atomic E-state index is 10.5. The molecule has 104 valence electrons. The SMILES string of the molecule is O=Cc1ccc(B(O)OB(O)c2ccc(C=O)cc2)cc1. The van der Waals surface area contributed by atoms with Crippen LogP contribution in [-0.2, 0) is 4.57 Å². The smallest absolute Gasteiger partial charge is 0.443 e. The molecule has 0 fully saturated rings. The molecule has 0 aliphatic heterocycles. The predicted octanol–water partition coefficient (Wildman–Crippen LogP) is -0.597. The van der Waals surface area contributed by atoms with Crippen molar-refractivity contribution in [2.45, 2.75) is 0 Å². The van der Waals surface area contributed by atoms with Crippen molar-refractivity contribution in [3.05, 3.63) is 59.7 Å². The fraction of sp³-hybridized carbons (Fsp3) is 0. The van der Waals surface area contributed by atoms with Crippen LogP contribution in [-0.4, -0.2) is 36.9 Å². The van der Waals surface area contributed by atoms with Gasteiger partial charge in [-0.25, -0.2) is 0 Å². The van der Waals surface area contributed by atoms with E-state index in [0.717, 1.165) is 0 Å². The minimum atomic E-state index is -1.33. The second-order valence-corrected chi connectivity index (χ2v) is 4.41. The number of carbonyl (C=O) groups is 2. The first-order valence-corrected chi connectivity index (χ1v) is 6.26. The first kappa shape index (κ1) is 15.2. The molecule has 2 rings (SSSR count). The third-order valence-electron chi connectivity index (χ3n) is 2.97. The average Bonchev–Trinajstić information content (AvgIpc) is 2.55. The third kappa shape index (κ3) is 3.88. The monoisotopic (exact) mass is 282 g/mol. The minimum Gasteiger partial charge on any atom is -0.443 e. The van der Waals surface area contributed by atoms with E-state index in [2.05, 4.69) is 0 Å². The van der Waals surface area contributed by atoms with Crippen molar-refractivity contribution < 1.29 is 24.2 Å². The Morgan fingerprint density at radius 3 is 1.33 bits per heavy atom. The summed E-state index contributed by atoms with van der Waals surface area (Å²) in [7, 11) is -2.65. The molecule has 2 aromatic rings. The number of rotatable bonds is 6. The first-order chi connectivity index (χ1) is 10.1. The Bertz CT molecular complexity index is 557. The minimum absolute atomic E-state index is 0.421. The second-order valence-electron chi connectivity index (χ2n) is 4.41. The Balaban J connectivity index is 2.04. The molecule has 0 bridgehead atoms. The number of hydrogen-bond acceptors (Lipinski definition) is 5. The van der Waals surface area contributed by atoms with Gasteiger partial charge in [0.05, 0.1) is 0 Å². The molecule has 0 saturated heterocycles. The van der Waals surface area contributed by atoms with Crippen LogP contribution in [0.5, 0.6) is 0 Å². The van der Waals surface area contributed by atoms with Crippen LogP contribution in [0.15, 0.2) is 48.5 Å². The molecule has 0 radical (unpaired) electrons. The van der Waals surface area contributed by atoms with E-state index < -0.39 is 14.2 Å². The van der Waals surface area contributed by atoms with Gasteiger partial charge in [0.15, 0.2) is 0 Å². The van der Waals surface area contributed by atoms with Gasteiger partial charge in [-0.05, 0) is 10.9 Å². The average molecular weight is 282 g/mol. The first-order valence-electron chi connectivity index (χ1n) is 6.26. The van der Waals surface area contributed by atoms with Crippen LogP contribution < -0.4 is 10.9 Å². The zero-order chi connectivity index (χ0) is 15.2. The van der Waals surface area contributed by atoms with Gasteiger partial charge in [-0.3, -0.25) is 9.59 Å². The highest BCUT2D eigenvalue weighted by molar-refractivity contribution is 6.73. The lowest BCUT2D eigenvalue weighted by molar-refractivity contribution is 0.111. The van der Waals surface area contributed by atoms with Crippen LogP contribution in [0.3, 0.4) is 0 Å². The molecule has 0 unspecified atom stereocenters. The molecule has 0 aromatic heterocycles. The largest absolute Gasteiger partial charge is 0.477 e. The predicted molar refractivity (Wildman–Crippen MR) is 80.0 cm³/mol. The summed E-state index contributed by atoms with van der Waals surface area (Å²) in [6.45, 7) is 0. The van der Waals surface area contributed by atoms with Crippen molar-refractivity contribution in [3.8, 4) is 0 Å². The van der Waals surface area contributed by atoms with Crippen LogP contribution in [0.2, 0.25) is 0 Å². The fourth-order valence-electron chi connectivity index (χ4n) is 1.76. The van der Waals surface area contributed by atoms with Crippen LogP contribution in [0.4, 0.5) is 0 Å². The van der Waals surface area contributed by atoms with Crippen LogP contribution in [0, 0.1) is 0 Å².